The molecule has 3 unspecified atom stereocenters. The van der Waals surface area contributed by atoms with Crippen LogP contribution in [-0.2, 0) is 0 Å². The molecule has 0 aliphatic carbocycles. The predicted molar refractivity (Wildman–Crippen MR) is 72.5 cm³/mol. The number of rotatable bonds is 2. The Morgan fingerprint density at radius 1 is 1.18 bits per heavy atom. The van der Waals surface area contributed by atoms with Gasteiger partial charge in [-0.1, -0.05) is 17.7 Å². The monoisotopic (exact) mass is 230 g/mol. The Balaban J connectivity index is 1.73. The van der Waals surface area contributed by atoms with Crippen molar-refractivity contribution >= 4 is 5.69 Å². The standard InChI is InChI=1S/C15H22N2/c1-11-3-4-14(12(2)9-11)16-15-6-8-17-7-5-13(15)10-17/h3-4,9,13,15-16H,5-8,10H2,1-2H3. The van der Waals surface area contributed by atoms with Gasteiger partial charge in [0.2, 0.25) is 0 Å². The first kappa shape index (κ1) is 11.1. The van der Waals surface area contributed by atoms with Crippen LogP contribution in [0.2, 0.25) is 0 Å². The second-order valence-electron chi connectivity index (χ2n) is 5.71. The molecule has 1 aromatic carbocycles. The lowest BCUT2D eigenvalue weighted by molar-refractivity contribution is 0.255. The van der Waals surface area contributed by atoms with Gasteiger partial charge in [0, 0.05) is 24.8 Å². The topological polar surface area (TPSA) is 15.3 Å². The number of aryl methyl sites for hydroxylation is 2. The summed E-state index contributed by atoms with van der Waals surface area (Å²) in [5, 5.41) is 3.78. The first-order valence-electron chi connectivity index (χ1n) is 6.78. The van der Waals surface area contributed by atoms with Crippen LogP contribution in [0.5, 0.6) is 0 Å². The van der Waals surface area contributed by atoms with E-state index in [9.17, 15) is 0 Å². The van der Waals surface area contributed by atoms with Crippen molar-refractivity contribution in [1.82, 2.24) is 4.90 Å². The van der Waals surface area contributed by atoms with Gasteiger partial charge in [-0.15, -0.1) is 0 Å². The fraction of sp³-hybridized carbons (Fsp3) is 0.600. The van der Waals surface area contributed by atoms with Crippen LogP contribution in [0.15, 0.2) is 18.2 Å². The molecule has 0 spiro atoms. The zero-order valence-electron chi connectivity index (χ0n) is 10.9. The first-order chi connectivity index (χ1) is 8.22. The molecular weight excluding hydrogens is 208 g/mol. The molecule has 0 aromatic heterocycles. The molecule has 1 aromatic rings. The van der Waals surface area contributed by atoms with Gasteiger partial charge in [0.05, 0.1) is 0 Å². The van der Waals surface area contributed by atoms with Crippen LogP contribution >= 0.6 is 0 Å². The van der Waals surface area contributed by atoms with Crippen LogP contribution in [0, 0.1) is 19.8 Å². The summed E-state index contributed by atoms with van der Waals surface area (Å²) in [5.41, 5.74) is 4.06. The fourth-order valence-corrected chi connectivity index (χ4v) is 3.32. The van der Waals surface area contributed by atoms with E-state index in [0.29, 0.717) is 6.04 Å². The summed E-state index contributed by atoms with van der Waals surface area (Å²) in [6, 6.07) is 7.41. The maximum Gasteiger partial charge on any atom is 0.0372 e. The van der Waals surface area contributed by atoms with E-state index in [-0.39, 0.29) is 0 Å². The van der Waals surface area contributed by atoms with Gasteiger partial charge in [-0.2, -0.15) is 0 Å². The Kier molecular flexibility index (Phi) is 2.83. The van der Waals surface area contributed by atoms with Crippen LogP contribution < -0.4 is 5.32 Å². The molecule has 2 bridgehead atoms. The van der Waals surface area contributed by atoms with Gasteiger partial charge in [0.1, 0.15) is 0 Å². The molecule has 0 amide bonds. The molecule has 92 valence electrons. The van der Waals surface area contributed by atoms with E-state index in [0.717, 1.165) is 5.92 Å². The number of nitrogens with zero attached hydrogens (tertiary/aromatic N) is 1. The Hall–Kier alpha value is -1.02. The summed E-state index contributed by atoms with van der Waals surface area (Å²) in [7, 11) is 0. The van der Waals surface area contributed by atoms with Gasteiger partial charge >= 0.3 is 0 Å². The normalized spacial score (nSPS) is 31.5. The fourth-order valence-electron chi connectivity index (χ4n) is 3.32. The van der Waals surface area contributed by atoms with Gasteiger partial charge in [0.25, 0.3) is 0 Å². The van der Waals surface area contributed by atoms with Gasteiger partial charge in [0.15, 0.2) is 0 Å². The van der Waals surface area contributed by atoms with Crippen molar-refractivity contribution in [1.29, 1.82) is 0 Å². The average Bonchev–Trinajstić information content (AvgIpc) is 2.69. The number of hydrogen-bond acceptors (Lipinski definition) is 2. The van der Waals surface area contributed by atoms with Gasteiger partial charge < -0.3 is 10.2 Å². The Labute approximate surface area is 104 Å². The molecule has 3 rings (SSSR count). The third kappa shape index (κ3) is 2.19. The zero-order valence-corrected chi connectivity index (χ0v) is 10.9. The highest BCUT2D eigenvalue weighted by Gasteiger charge is 2.34. The zero-order chi connectivity index (χ0) is 11.8. The number of fused-ring (bicyclic) bond motifs is 2. The number of anilines is 1. The largest absolute Gasteiger partial charge is 0.382 e. The summed E-state index contributed by atoms with van der Waals surface area (Å²) in [5.74, 6) is 0.865. The molecule has 0 radical (unpaired) electrons. The molecule has 2 aliphatic rings. The third-order valence-corrected chi connectivity index (χ3v) is 4.36. The lowest BCUT2D eigenvalue weighted by Crippen LogP contribution is -2.39. The number of hydrogen-bond donors (Lipinski definition) is 1. The SMILES string of the molecule is Cc1ccc(NC2CCN3CCC2C3)c(C)c1. The number of benzene rings is 1. The second kappa shape index (κ2) is 4.34. The van der Waals surface area contributed by atoms with Crippen LogP contribution in [-0.4, -0.2) is 30.6 Å². The van der Waals surface area contributed by atoms with Gasteiger partial charge in [-0.3, -0.25) is 0 Å². The minimum Gasteiger partial charge on any atom is -0.382 e. The highest BCUT2D eigenvalue weighted by molar-refractivity contribution is 5.52. The first-order valence-corrected chi connectivity index (χ1v) is 6.78. The van der Waals surface area contributed by atoms with Crippen molar-refractivity contribution in [3.05, 3.63) is 29.3 Å². The average molecular weight is 230 g/mol. The van der Waals surface area contributed by atoms with Crippen molar-refractivity contribution in [2.75, 3.05) is 25.0 Å². The molecular formula is C15H22N2. The summed E-state index contributed by atoms with van der Waals surface area (Å²) in [4.78, 5) is 2.60. The molecule has 2 heteroatoms. The lowest BCUT2D eigenvalue weighted by atomic mass is 9.93. The van der Waals surface area contributed by atoms with Crippen molar-refractivity contribution < 1.29 is 0 Å². The summed E-state index contributed by atoms with van der Waals surface area (Å²) < 4.78 is 0. The van der Waals surface area contributed by atoms with Crippen molar-refractivity contribution in [2.45, 2.75) is 32.7 Å². The van der Waals surface area contributed by atoms with Crippen molar-refractivity contribution in [2.24, 2.45) is 5.92 Å². The third-order valence-electron chi connectivity index (χ3n) is 4.36. The Morgan fingerprint density at radius 3 is 2.82 bits per heavy atom. The number of nitrogens with one attached hydrogen (secondary N) is 1. The summed E-state index contributed by atoms with van der Waals surface area (Å²) >= 11 is 0. The van der Waals surface area contributed by atoms with E-state index in [1.54, 1.807) is 0 Å². The van der Waals surface area contributed by atoms with Crippen LogP contribution in [0.4, 0.5) is 5.69 Å². The molecule has 17 heavy (non-hydrogen) atoms. The molecule has 2 nitrogen and oxygen atoms in total. The number of piperidine rings is 1. The van der Waals surface area contributed by atoms with Crippen LogP contribution in [0.25, 0.3) is 0 Å². The van der Waals surface area contributed by atoms with E-state index in [2.05, 4.69) is 42.3 Å². The van der Waals surface area contributed by atoms with E-state index in [1.165, 1.54) is 49.3 Å². The van der Waals surface area contributed by atoms with E-state index in [4.69, 9.17) is 0 Å². The molecule has 0 saturated carbocycles. The van der Waals surface area contributed by atoms with E-state index < -0.39 is 0 Å². The predicted octanol–water partition coefficient (Wildman–Crippen LogP) is 2.81. The van der Waals surface area contributed by atoms with Crippen molar-refractivity contribution in [3.8, 4) is 0 Å². The van der Waals surface area contributed by atoms with E-state index in [1.807, 2.05) is 0 Å². The molecule has 3 atom stereocenters. The van der Waals surface area contributed by atoms with Crippen LogP contribution in [0.1, 0.15) is 24.0 Å². The quantitative estimate of drug-likeness (QED) is 0.840. The maximum absolute atomic E-state index is 3.78. The van der Waals surface area contributed by atoms with Crippen LogP contribution in [0.3, 0.4) is 0 Å². The minimum absolute atomic E-state index is 0.690. The van der Waals surface area contributed by atoms with Crippen molar-refractivity contribution in [3.63, 3.8) is 0 Å². The summed E-state index contributed by atoms with van der Waals surface area (Å²) in [6.45, 7) is 8.27. The molecule has 1 N–H and O–H groups in total. The van der Waals surface area contributed by atoms with Gasteiger partial charge in [-0.05, 0) is 50.8 Å². The molecule has 2 heterocycles. The smallest absolute Gasteiger partial charge is 0.0372 e. The molecule has 2 aliphatic heterocycles. The molecule has 2 fully saturated rings. The Bertz CT molecular complexity index is 413. The highest BCUT2D eigenvalue weighted by atomic mass is 15.2. The Morgan fingerprint density at radius 2 is 2.00 bits per heavy atom. The highest BCUT2D eigenvalue weighted by Crippen LogP contribution is 2.30. The lowest BCUT2D eigenvalue weighted by Gasteiger charge is -2.32. The van der Waals surface area contributed by atoms with E-state index >= 15 is 0 Å². The van der Waals surface area contributed by atoms with Gasteiger partial charge in [-0.25, -0.2) is 0 Å². The maximum atomic E-state index is 3.78. The minimum atomic E-state index is 0.690. The second-order valence-corrected chi connectivity index (χ2v) is 5.71. The molecule has 2 saturated heterocycles. The summed E-state index contributed by atoms with van der Waals surface area (Å²) in [6.07, 6.45) is 2.68.